The fourth-order valence-electron chi connectivity index (χ4n) is 4.47. The average Bonchev–Trinajstić information content (AvgIpc) is 2.98. The number of amides is 2. The smallest absolute Gasteiger partial charge is 0.264 e. The number of carbonyl (C=O) groups is 2. The van der Waals surface area contributed by atoms with Gasteiger partial charge in [0.1, 0.15) is 24.1 Å². The van der Waals surface area contributed by atoms with Crippen LogP contribution in [0.3, 0.4) is 0 Å². The first kappa shape index (κ1) is 32.5. The first-order valence-electron chi connectivity index (χ1n) is 14.0. The Morgan fingerprint density at radius 2 is 1.64 bits per heavy atom. The molecule has 0 saturated carbocycles. The Bertz CT molecular complexity index is 1470. The fraction of sp³-hybridized carbons (Fsp3) is 0.375. The predicted octanol–water partition coefficient (Wildman–Crippen LogP) is 4.85. The number of nitrogens with one attached hydrogen (secondary N) is 1. The number of carbonyl (C=O) groups excluding carboxylic acids is 2. The predicted molar refractivity (Wildman–Crippen MR) is 164 cm³/mol. The average molecular weight is 596 g/mol. The van der Waals surface area contributed by atoms with Gasteiger partial charge in [-0.25, -0.2) is 8.42 Å². The molecule has 0 spiro atoms. The van der Waals surface area contributed by atoms with E-state index in [-0.39, 0.29) is 28.8 Å². The molecule has 0 aliphatic rings. The van der Waals surface area contributed by atoms with Crippen LogP contribution in [0.1, 0.15) is 43.4 Å². The molecule has 0 saturated heterocycles. The third kappa shape index (κ3) is 8.03. The quantitative estimate of drug-likeness (QED) is 0.267. The van der Waals surface area contributed by atoms with E-state index in [0.29, 0.717) is 12.3 Å². The van der Waals surface area contributed by atoms with Crippen LogP contribution in [0.15, 0.2) is 71.6 Å². The minimum absolute atomic E-state index is 0.0152. The van der Waals surface area contributed by atoms with Crippen LogP contribution in [-0.4, -0.2) is 58.5 Å². The summed E-state index contributed by atoms with van der Waals surface area (Å²) in [5, 5.41) is 2.89. The number of aryl methyl sites for hydroxylation is 2. The van der Waals surface area contributed by atoms with Crippen molar-refractivity contribution in [3.63, 3.8) is 0 Å². The van der Waals surface area contributed by atoms with Gasteiger partial charge in [0.25, 0.3) is 10.0 Å². The van der Waals surface area contributed by atoms with Crippen LogP contribution in [0.4, 0.5) is 5.69 Å². The number of anilines is 1. The van der Waals surface area contributed by atoms with E-state index in [0.717, 1.165) is 33.8 Å². The molecule has 10 heteroatoms. The van der Waals surface area contributed by atoms with E-state index >= 15 is 0 Å². The number of hydrogen-bond donors (Lipinski definition) is 1. The second-order valence-electron chi connectivity index (χ2n) is 10.2. The molecule has 9 nitrogen and oxygen atoms in total. The molecular weight excluding hydrogens is 554 g/mol. The molecule has 0 radical (unpaired) electrons. The summed E-state index contributed by atoms with van der Waals surface area (Å²) in [7, 11) is -1.35. The van der Waals surface area contributed by atoms with Gasteiger partial charge in [-0.1, -0.05) is 60.9 Å². The molecule has 1 N–H and O–H groups in total. The molecule has 3 aromatic carbocycles. The monoisotopic (exact) mass is 595 g/mol. The van der Waals surface area contributed by atoms with Gasteiger partial charge in [0, 0.05) is 19.2 Å². The highest BCUT2D eigenvalue weighted by Crippen LogP contribution is 2.36. The number of benzene rings is 3. The highest BCUT2D eigenvalue weighted by Gasteiger charge is 2.34. The molecule has 2 amide bonds. The second-order valence-corrected chi connectivity index (χ2v) is 12.1. The zero-order valence-corrected chi connectivity index (χ0v) is 26.0. The minimum Gasteiger partial charge on any atom is -0.497 e. The van der Waals surface area contributed by atoms with Crippen molar-refractivity contribution in [1.29, 1.82) is 0 Å². The normalized spacial score (nSPS) is 11.9. The molecule has 0 unspecified atom stereocenters. The first-order chi connectivity index (χ1) is 20.0. The number of nitrogens with zero attached hydrogens (tertiary/aromatic N) is 2. The van der Waals surface area contributed by atoms with E-state index in [9.17, 15) is 18.0 Å². The molecule has 0 heterocycles. The van der Waals surface area contributed by atoms with Gasteiger partial charge < -0.3 is 19.7 Å². The van der Waals surface area contributed by atoms with Crippen molar-refractivity contribution >= 4 is 27.5 Å². The van der Waals surface area contributed by atoms with Crippen LogP contribution < -0.4 is 19.1 Å². The van der Waals surface area contributed by atoms with Crippen LogP contribution >= 0.6 is 0 Å². The summed E-state index contributed by atoms with van der Waals surface area (Å²) in [4.78, 5) is 28.7. The Hall–Kier alpha value is -4.05. The highest BCUT2D eigenvalue weighted by molar-refractivity contribution is 7.92. The first-order valence-corrected chi connectivity index (χ1v) is 15.4. The molecule has 0 aromatic heterocycles. The number of unbranched alkanes of at least 4 members (excludes halogenated alkanes) is 1. The summed E-state index contributed by atoms with van der Waals surface area (Å²) in [5.74, 6) is -0.218. The Labute approximate surface area is 249 Å². The lowest BCUT2D eigenvalue weighted by Crippen LogP contribution is -2.51. The van der Waals surface area contributed by atoms with Gasteiger partial charge in [0.15, 0.2) is 0 Å². The molecule has 42 heavy (non-hydrogen) atoms. The maximum atomic E-state index is 14.1. The van der Waals surface area contributed by atoms with E-state index in [4.69, 9.17) is 9.47 Å². The van der Waals surface area contributed by atoms with Gasteiger partial charge in [-0.2, -0.15) is 0 Å². The van der Waals surface area contributed by atoms with Gasteiger partial charge in [-0.05, 0) is 57.0 Å². The number of sulfonamides is 1. The van der Waals surface area contributed by atoms with Crippen LogP contribution in [0, 0.1) is 13.8 Å². The third-order valence-electron chi connectivity index (χ3n) is 6.97. The zero-order chi connectivity index (χ0) is 30.9. The van der Waals surface area contributed by atoms with E-state index < -0.39 is 28.5 Å². The van der Waals surface area contributed by atoms with E-state index in [1.54, 1.807) is 31.2 Å². The molecule has 0 aliphatic heterocycles. The largest absolute Gasteiger partial charge is 0.497 e. The SMILES string of the molecule is CCCCNC(=O)[C@@H](C)N(Cc1cccc(C)c1)C(=O)CN(c1cc(OC)ccc1OC)S(=O)(=O)c1ccc(C)cc1. The molecule has 1 atom stereocenters. The standard InChI is InChI=1S/C32H41N3O6S/c1-7-8-18-33-32(37)25(4)34(21-26-11-9-10-24(3)19-26)31(36)22-35(29-20-27(40-5)14-17-30(29)41-6)42(38,39)28-15-12-23(2)13-16-28/h9-17,19-20,25H,7-8,18,21-22H2,1-6H3,(H,33,37)/t25-/m1/s1. The topological polar surface area (TPSA) is 105 Å². The van der Waals surface area contributed by atoms with Crippen molar-refractivity contribution in [3.05, 3.63) is 83.4 Å². The van der Waals surface area contributed by atoms with Crippen LogP contribution in [-0.2, 0) is 26.2 Å². The number of ether oxygens (including phenoxy) is 2. The number of methoxy groups -OCH3 is 2. The van der Waals surface area contributed by atoms with Crippen molar-refractivity contribution < 1.29 is 27.5 Å². The summed E-state index contributed by atoms with van der Waals surface area (Å²) in [5.41, 5.74) is 2.86. The molecule has 3 rings (SSSR count). The maximum Gasteiger partial charge on any atom is 0.264 e. The Morgan fingerprint density at radius 1 is 0.929 bits per heavy atom. The molecule has 226 valence electrons. The van der Waals surface area contributed by atoms with E-state index in [1.165, 1.54) is 37.3 Å². The zero-order valence-electron chi connectivity index (χ0n) is 25.2. The van der Waals surface area contributed by atoms with Crippen LogP contribution in [0.5, 0.6) is 11.5 Å². The lowest BCUT2D eigenvalue weighted by Gasteiger charge is -2.32. The van der Waals surface area contributed by atoms with Crippen LogP contribution in [0.2, 0.25) is 0 Å². The molecule has 0 bridgehead atoms. The van der Waals surface area contributed by atoms with Gasteiger partial charge in [0.05, 0.1) is 24.8 Å². The van der Waals surface area contributed by atoms with Gasteiger partial charge in [-0.15, -0.1) is 0 Å². The molecule has 0 aliphatic carbocycles. The summed E-state index contributed by atoms with van der Waals surface area (Å²) in [6.07, 6.45) is 1.72. The number of rotatable bonds is 14. The Morgan fingerprint density at radius 3 is 2.26 bits per heavy atom. The van der Waals surface area contributed by atoms with Gasteiger partial charge in [0.2, 0.25) is 11.8 Å². The maximum absolute atomic E-state index is 14.1. The molecule has 3 aromatic rings. The third-order valence-corrected chi connectivity index (χ3v) is 8.75. The van der Waals surface area contributed by atoms with Crippen molar-refractivity contribution in [3.8, 4) is 11.5 Å². The van der Waals surface area contributed by atoms with E-state index in [2.05, 4.69) is 5.32 Å². The molecule has 0 fully saturated rings. The highest BCUT2D eigenvalue weighted by atomic mass is 32.2. The lowest BCUT2D eigenvalue weighted by molar-refractivity contribution is -0.139. The summed E-state index contributed by atoms with van der Waals surface area (Å²) in [6.45, 7) is 7.52. The van der Waals surface area contributed by atoms with Crippen LogP contribution in [0.25, 0.3) is 0 Å². The van der Waals surface area contributed by atoms with Crippen molar-refractivity contribution in [1.82, 2.24) is 10.2 Å². The Kier molecular flexibility index (Phi) is 11.4. The summed E-state index contributed by atoms with van der Waals surface area (Å²) >= 11 is 0. The summed E-state index contributed by atoms with van der Waals surface area (Å²) in [6, 6.07) is 17.9. The number of hydrogen-bond acceptors (Lipinski definition) is 6. The second kappa shape index (κ2) is 14.7. The van der Waals surface area contributed by atoms with Crippen molar-refractivity contribution in [2.75, 3.05) is 31.6 Å². The fourth-order valence-corrected chi connectivity index (χ4v) is 5.88. The molecular formula is C32H41N3O6S. The van der Waals surface area contributed by atoms with Crippen molar-refractivity contribution in [2.45, 2.75) is 58.0 Å². The van der Waals surface area contributed by atoms with Crippen molar-refractivity contribution in [2.24, 2.45) is 0 Å². The lowest BCUT2D eigenvalue weighted by atomic mass is 10.1. The van der Waals surface area contributed by atoms with Gasteiger partial charge >= 0.3 is 0 Å². The van der Waals surface area contributed by atoms with E-state index in [1.807, 2.05) is 45.0 Å². The Balaban J connectivity index is 2.09. The van der Waals surface area contributed by atoms with Gasteiger partial charge in [-0.3, -0.25) is 13.9 Å². The summed E-state index contributed by atoms with van der Waals surface area (Å²) < 4.78 is 40.2. The minimum atomic E-state index is -4.25.